The molecule has 1 saturated heterocycles. The van der Waals surface area contributed by atoms with Crippen LogP contribution in [-0.2, 0) is 0 Å². The Morgan fingerprint density at radius 2 is 1.71 bits per heavy atom. The van der Waals surface area contributed by atoms with E-state index < -0.39 is 0 Å². The Morgan fingerprint density at radius 3 is 2.49 bits per heavy atom. The van der Waals surface area contributed by atoms with E-state index in [-0.39, 0.29) is 5.91 Å². The van der Waals surface area contributed by atoms with E-state index in [0.29, 0.717) is 36.0 Å². The minimum atomic E-state index is 0.0223. The lowest BCUT2D eigenvalue weighted by molar-refractivity contribution is 0.0748. The summed E-state index contributed by atoms with van der Waals surface area (Å²) in [5.74, 6) is 0.906. The van der Waals surface area contributed by atoms with Crippen molar-refractivity contribution >= 4 is 34.1 Å². The Bertz CT molecular complexity index is 1380. The number of amides is 1. The molecule has 1 aromatic heterocycles. The van der Waals surface area contributed by atoms with Crippen LogP contribution in [0.25, 0.3) is 22.2 Å². The van der Waals surface area contributed by atoms with E-state index in [1.807, 2.05) is 85.5 Å². The molecule has 0 N–H and O–H groups in total. The highest BCUT2D eigenvalue weighted by molar-refractivity contribution is 6.33. The van der Waals surface area contributed by atoms with Gasteiger partial charge in [0, 0.05) is 42.2 Å². The van der Waals surface area contributed by atoms with Gasteiger partial charge in [0.05, 0.1) is 29.1 Å². The quantitative estimate of drug-likeness (QED) is 0.336. The van der Waals surface area contributed by atoms with E-state index in [9.17, 15) is 4.79 Å². The Kier molecular flexibility index (Phi) is 6.60. The van der Waals surface area contributed by atoms with Gasteiger partial charge in [-0.05, 0) is 50.2 Å². The van der Waals surface area contributed by atoms with Gasteiger partial charge in [0.15, 0.2) is 0 Å². The van der Waals surface area contributed by atoms with Crippen LogP contribution in [-0.4, -0.2) is 48.6 Å². The Labute approximate surface area is 210 Å². The van der Waals surface area contributed by atoms with Gasteiger partial charge in [-0.2, -0.15) is 0 Å². The first-order valence-corrected chi connectivity index (χ1v) is 12.4. The molecule has 1 aliphatic heterocycles. The molecule has 178 valence electrons. The number of nitrogens with zero attached hydrogens (tertiary/aromatic N) is 3. The highest BCUT2D eigenvalue weighted by Gasteiger charge is 2.26. The maximum Gasteiger partial charge on any atom is 0.254 e. The van der Waals surface area contributed by atoms with Gasteiger partial charge in [0.25, 0.3) is 5.91 Å². The third-order valence-corrected chi connectivity index (χ3v) is 6.75. The van der Waals surface area contributed by atoms with Crippen LogP contribution in [0.4, 0.5) is 5.69 Å². The molecule has 5 nitrogen and oxygen atoms in total. The van der Waals surface area contributed by atoms with Gasteiger partial charge in [0.1, 0.15) is 5.75 Å². The molecule has 0 atom stereocenters. The van der Waals surface area contributed by atoms with Gasteiger partial charge in [0.2, 0.25) is 0 Å². The number of benzene rings is 3. The summed E-state index contributed by atoms with van der Waals surface area (Å²) in [6.45, 7) is 7.41. The average Bonchev–Trinajstić information content (AvgIpc) is 2.89. The zero-order valence-corrected chi connectivity index (χ0v) is 20.8. The molecular weight excluding hydrogens is 458 g/mol. The maximum atomic E-state index is 13.8. The fourth-order valence-electron chi connectivity index (χ4n) is 4.64. The van der Waals surface area contributed by atoms with Crippen LogP contribution in [0.5, 0.6) is 5.75 Å². The van der Waals surface area contributed by atoms with Crippen molar-refractivity contribution in [2.24, 2.45) is 0 Å². The monoisotopic (exact) mass is 485 g/mol. The molecule has 0 radical (unpaired) electrons. The van der Waals surface area contributed by atoms with Crippen molar-refractivity contribution in [2.45, 2.75) is 13.8 Å². The molecule has 1 fully saturated rings. The lowest BCUT2D eigenvalue weighted by atomic mass is 10.0. The molecule has 1 amide bonds. The number of rotatable bonds is 5. The fourth-order valence-corrected chi connectivity index (χ4v) is 4.87. The zero-order chi connectivity index (χ0) is 24.4. The predicted molar refractivity (Wildman–Crippen MR) is 143 cm³/mol. The molecule has 0 saturated carbocycles. The number of aromatic nitrogens is 1. The summed E-state index contributed by atoms with van der Waals surface area (Å²) in [5, 5.41) is 1.49. The van der Waals surface area contributed by atoms with Gasteiger partial charge in [-0.15, -0.1) is 0 Å². The van der Waals surface area contributed by atoms with E-state index in [1.165, 1.54) is 0 Å². The molecule has 1 aliphatic rings. The number of ether oxygens (including phenoxy) is 1. The minimum Gasteiger partial charge on any atom is -0.492 e. The smallest absolute Gasteiger partial charge is 0.254 e. The molecular formula is C29H28ClN3O2. The standard InChI is InChI=1S/C29H28ClN3O2/c1-3-35-28-11-7-6-10-27(28)32-14-16-33(17-15-32)29(34)23-19-26(21-8-4-5-9-24(21)30)31-25-13-12-20(2)18-22(23)25/h4-13,18-19H,3,14-17H2,1-2H3. The zero-order valence-electron chi connectivity index (χ0n) is 20.0. The van der Waals surface area contributed by atoms with Crippen LogP contribution < -0.4 is 9.64 Å². The number of hydrogen-bond donors (Lipinski definition) is 0. The minimum absolute atomic E-state index is 0.0223. The number of piperazine rings is 1. The number of anilines is 1. The van der Waals surface area contributed by atoms with Gasteiger partial charge < -0.3 is 14.5 Å². The van der Waals surface area contributed by atoms with Crippen LogP contribution >= 0.6 is 11.6 Å². The second kappa shape index (κ2) is 9.96. The van der Waals surface area contributed by atoms with Crippen molar-refractivity contribution < 1.29 is 9.53 Å². The average molecular weight is 486 g/mol. The van der Waals surface area contributed by atoms with Crippen LogP contribution in [0.2, 0.25) is 5.02 Å². The van der Waals surface area contributed by atoms with Gasteiger partial charge in [-0.1, -0.05) is 53.6 Å². The van der Waals surface area contributed by atoms with Gasteiger partial charge in [-0.25, -0.2) is 4.98 Å². The van der Waals surface area contributed by atoms with Crippen molar-refractivity contribution in [3.05, 3.63) is 88.9 Å². The lowest BCUT2D eigenvalue weighted by Gasteiger charge is -2.37. The first-order valence-electron chi connectivity index (χ1n) is 12.0. The number of para-hydroxylation sites is 2. The molecule has 4 aromatic rings. The first kappa shape index (κ1) is 23.2. The van der Waals surface area contributed by atoms with Crippen LogP contribution in [0.15, 0.2) is 72.8 Å². The summed E-state index contributed by atoms with van der Waals surface area (Å²) >= 11 is 6.47. The number of pyridine rings is 1. The summed E-state index contributed by atoms with van der Waals surface area (Å²) in [7, 11) is 0. The summed E-state index contributed by atoms with van der Waals surface area (Å²) in [5.41, 5.74) is 5.16. The summed E-state index contributed by atoms with van der Waals surface area (Å²) in [6, 6.07) is 23.6. The SMILES string of the molecule is CCOc1ccccc1N1CCN(C(=O)c2cc(-c3ccccc3Cl)nc3ccc(C)cc23)CC1. The molecule has 3 aromatic carbocycles. The molecule has 0 bridgehead atoms. The Hall–Kier alpha value is -3.57. The van der Waals surface area contributed by atoms with Crippen molar-refractivity contribution in [3.63, 3.8) is 0 Å². The van der Waals surface area contributed by atoms with Gasteiger partial charge in [-0.3, -0.25) is 4.79 Å². The fraction of sp³-hybridized carbons (Fsp3) is 0.241. The third kappa shape index (κ3) is 4.69. The highest BCUT2D eigenvalue weighted by atomic mass is 35.5. The molecule has 0 spiro atoms. The van der Waals surface area contributed by atoms with E-state index in [2.05, 4.69) is 11.0 Å². The number of halogens is 1. The van der Waals surface area contributed by atoms with Gasteiger partial charge >= 0.3 is 0 Å². The van der Waals surface area contributed by atoms with E-state index >= 15 is 0 Å². The summed E-state index contributed by atoms with van der Waals surface area (Å²) in [6.07, 6.45) is 0. The van der Waals surface area contributed by atoms with Crippen molar-refractivity contribution in [3.8, 4) is 17.0 Å². The first-order chi connectivity index (χ1) is 17.0. The van der Waals surface area contributed by atoms with Crippen LogP contribution in [0, 0.1) is 6.92 Å². The molecule has 0 aliphatic carbocycles. The largest absolute Gasteiger partial charge is 0.492 e. The molecule has 6 heteroatoms. The van der Waals surface area contributed by atoms with Crippen molar-refractivity contribution in [2.75, 3.05) is 37.7 Å². The molecule has 35 heavy (non-hydrogen) atoms. The summed E-state index contributed by atoms with van der Waals surface area (Å²) in [4.78, 5) is 22.9. The van der Waals surface area contributed by atoms with E-state index in [1.54, 1.807) is 0 Å². The third-order valence-electron chi connectivity index (χ3n) is 6.42. The highest BCUT2D eigenvalue weighted by Crippen LogP contribution is 2.32. The number of hydrogen-bond acceptors (Lipinski definition) is 4. The molecule has 5 rings (SSSR count). The number of carbonyl (C=O) groups is 1. The van der Waals surface area contributed by atoms with E-state index in [4.69, 9.17) is 21.3 Å². The van der Waals surface area contributed by atoms with Crippen LogP contribution in [0.1, 0.15) is 22.8 Å². The topological polar surface area (TPSA) is 45.7 Å². The number of aryl methyl sites for hydroxylation is 1. The number of carbonyl (C=O) groups excluding carboxylic acids is 1. The normalized spacial score (nSPS) is 13.8. The maximum absolute atomic E-state index is 13.8. The Balaban J connectivity index is 1.45. The predicted octanol–water partition coefficient (Wildman–Crippen LogP) is 6.22. The van der Waals surface area contributed by atoms with Crippen molar-refractivity contribution in [1.82, 2.24) is 9.88 Å². The summed E-state index contributed by atoms with van der Waals surface area (Å²) < 4.78 is 5.82. The van der Waals surface area contributed by atoms with Crippen LogP contribution in [0.3, 0.4) is 0 Å². The van der Waals surface area contributed by atoms with Crippen molar-refractivity contribution in [1.29, 1.82) is 0 Å². The van der Waals surface area contributed by atoms with E-state index in [0.717, 1.165) is 46.6 Å². The molecule has 0 unspecified atom stereocenters. The molecule has 2 heterocycles. The number of fused-ring (bicyclic) bond motifs is 1. The second-order valence-corrected chi connectivity index (χ2v) is 9.14. The Morgan fingerprint density at radius 1 is 0.971 bits per heavy atom. The second-order valence-electron chi connectivity index (χ2n) is 8.74. The lowest BCUT2D eigenvalue weighted by Crippen LogP contribution is -2.49.